The number of anilines is 1. The van der Waals surface area contributed by atoms with E-state index in [0.29, 0.717) is 11.4 Å². The SMILES string of the molecule is COc1ccc(C)cc1C(C)NC(=O)c1ccc(N)cn1. The molecule has 0 aliphatic heterocycles. The Bertz CT molecular complexity index is 638. The zero-order chi connectivity index (χ0) is 15.4. The molecule has 0 radical (unpaired) electrons. The maximum Gasteiger partial charge on any atom is 0.270 e. The Hall–Kier alpha value is -2.56. The molecule has 3 N–H and O–H groups in total. The number of aryl methyl sites for hydroxylation is 1. The zero-order valence-corrected chi connectivity index (χ0v) is 12.4. The highest BCUT2D eigenvalue weighted by molar-refractivity contribution is 5.92. The molecule has 1 aromatic heterocycles. The number of nitrogens with one attached hydrogen (secondary N) is 1. The van der Waals surface area contributed by atoms with Crippen LogP contribution < -0.4 is 15.8 Å². The molecule has 1 unspecified atom stereocenters. The van der Waals surface area contributed by atoms with Crippen molar-refractivity contribution >= 4 is 11.6 Å². The van der Waals surface area contributed by atoms with Gasteiger partial charge < -0.3 is 15.8 Å². The molecule has 21 heavy (non-hydrogen) atoms. The first-order valence-electron chi connectivity index (χ1n) is 6.68. The van der Waals surface area contributed by atoms with Crippen LogP contribution in [0.4, 0.5) is 5.69 Å². The smallest absolute Gasteiger partial charge is 0.270 e. The molecule has 0 spiro atoms. The Kier molecular flexibility index (Phi) is 4.42. The predicted octanol–water partition coefficient (Wildman–Crippen LogP) is 2.47. The van der Waals surface area contributed by atoms with Crippen LogP contribution in [-0.4, -0.2) is 18.0 Å². The number of carbonyl (C=O) groups excluding carboxylic acids is 1. The number of hydrogen-bond acceptors (Lipinski definition) is 4. The van der Waals surface area contributed by atoms with Crippen molar-refractivity contribution in [3.63, 3.8) is 0 Å². The van der Waals surface area contributed by atoms with Gasteiger partial charge in [-0.15, -0.1) is 0 Å². The summed E-state index contributed by atoms with van der Waals surface area (Å²) in [5, 5.41) is 2.91. The van der Waals surface area contributed by atoms with Crippen LogP contribution in [0, 0.1) is 6.92 Å². The fourth-order valence-electron chi connectivity index (χ4n) is 2.08. The van der Waals surface area contributed by atoms with Gasteiger partial charge in [-0.25, -0.2) is 4.98 Å². The summed E-state index contributed by atoms with van der Waals surface area (Å²) in [6, 6.07) is 8.93. The molecule has 110 valence electrons. The van der Waals surface area contributed by atoms with E-state index in [4.69, 9.17) is 10.5 Å². The second kappa shape index (κ2) is 6.26. The molecule has 0 saturated heterocycles. The summed E-state index contributed by atoms with van der Waals surface area (Å²) < 4.78 is 5.34. The summed E-state index contributed by atoms with van der Waals surface area (Å²) in [6.45, 7) is 3.91. The number of ether oxygens (including phenoxy) is 1. The van der Waals surface area contributed by atoms with Crippen LogP contribution in [0.3, 0.4) is 0 Å². The largest absolute Gasteiger partial charge is 0.496 e. The van der Waals surface area contributed by atoms with Gasteiger partial charge in [0.1, 0.15) is 11.4 Å². The molecule has 0 fully saturated rings. The van der Waals surface area contributed by atoms with Gasteiger partial charge in [0.15, 0.2) is 0 Å². The van der Waals surface area contributed by atoms with Crippen LogP contribution in [0.1, 0.15) is 34.6 Å². The Morgan fingerprint density at radius 2 is 2.10 bits per heavy atom. The van der Waals surface area contributed by atoms with Gasteiger partial charge in [0, 0.05) is 5.56 Å². The van der Waals surface area contributed by atoms with E-state index in [1.54, 1.807) is 19.2 Å². The van der Waals surface area contributed by atoms with E-state index in [0.717, 1.165) is 16.9 Å². The summed E-state index contributed by atoms with van der Waals surface area (Å²) in [4.78, 5) is 16.2. The quantitative estimate of drug-likeness (QED) is 0.904. The predicted molar refractivity (Wildman–Crippen MR) is 82.3 cm³/mol. The van der Waals surface area contributed by atoms with Gasteiger partial charge in [0.2, 0.25) is 0 Å². The molecule has 1 heterocycles. The molecule has 5 nitrogen and oxygen atoms in total. The van der Waals surface area contributed by atoms with Crippen molar-refractivity contribution in [3.8, 4) is 5.75 Å². The van der Waals surface area contributed by atoms with Crippen LogP contribution in [0.25, 0.3) is 0 Å². The highest BCUT2D eigenvalue weighted by Crippen LogP contribution is 2.26. The van der Waals surface area contributed by atoms with E-state index in [1.807, 2.05) is 32.0 Å². The average Bonchev–Trinajstić information content (AvgIpc) is 2.47. The lowest BCUT2D eigenvalue weighted by Gasteiger charge is -2.17. The van der Waals surface area contributed by atoms with Gasteiger partial charge >= 0.3 is 0 Å². The number of aromatic nitrogens is 1. The number of amides is 1. The number of benzene rings is 1. The second-order valence-electron chi connectivity index (χ2n) is 4.92. The summed E-state index contributed by atoms with van der Waals surface area (Å²) in [5.41, 5.74) is 8.47. The van der Waals surface area contributed by atoms with Crippen LogP contribution in [0.15, 0.2) is 36.5 Å². The number of pyridine rings is 1. The molecule has 1 atom stereocenters. The second-order valence-corrected chi connectivity index (χ2v) is 4.92. The molecule has 0 aliphatic rings. The number of methoxy groups -OCH3 is 1. The lowest BCUT2D eigenvalue weighted by molar-refractivity contribution is 0.0934. The summed E-state index contributed by atoms with van der Waals surface area (Å²) in [5.74, 6) is 0.504. The van der Waals surface area contributed by atoms with Crippen LogP contribution in [0.5, 0.6) is 5.75 Å². The minimum absolute atomic E-state index is 0.188. The standard InChI is InChI=1S/C16H19N3O2/c1-10-4-7-15(21-3)13(8-10)11(2)19-16(20)14-6-5-12(17)9-18-14/h4-9,11H,17H2,1-3H3,(H,19,20). The first kappa shape index (κ1) is 14.8. The highest BCUT2D eigenvalue weighted by Gasteiger charge is 2.16. The molecule has 0 aliphatic carbocycles. The zero-order valence-electron chi connectivity index (χ0n) is 12.4. The minimum Gasteiger partial charge on any atom is -0.496 e. The minimum atomic E-state index is -0.244. The molecule has 1 aromatic carbocycles. The van der Waals surface area contributed by atoms with Crippen molar-refractivity contribution in [3.05, 3.63) is 53.3 Å². The molecule has 2 aromatic rings. The molecular weight excluding hydrogens is 266 g/mol. The van der Waals surface area contributed by atoms with E-state index in [9.17, 15) is 4.79 Å². The van der Waals surface area contributed by atoms with Gasteiger partial charge in [-0.3, -0.25) is 4.79 Å². The van der Waals surface area contributed by atoms with Crippen molar-refractivity contribution in [1.29, 1.82) is 0 Å². The highest BCUT2D eigenvalue weighted by atomic mass is 16.5. The Morgan fingerprint density at radius 1 is 1.33 bits per heavy atom. The Morgan fingerprint density at radius 3 is 2.71 bits per heavy atom. The lowest BCUT2D eigenvalue weighted by Crippen LogP contribution is -2.27. The van der Waals surface area contributed by atoms with Crippen LogP contribution >= 0.6 is 0 Å². The number of nitrogens with zero attached hydrogens (tertiary/aromatic N) is 1. The molecular formula is C16H19N3O2. The van der Waals surface area contributed by atoms with E-state index < -0.39 is 0 Å². The van der Waals surface area contributed by atoms with Gasteiger partial charge in [-0.05, 0) is 32.0 Å². The topological polar surface area (TPSA) is 77.2 Å². The van der Waals surface area contributed by atoms with Crippen molar-refractivity contribution in [2.75, 3.05) is 12.8 Å². The molecule has 0 saturated carbocycles. The van der Waals surface area contributed by atoms with Crippen molar-refractivity contribution < 1.29 is 9.53 Å². The average molecular weight is 285 g/mol. The number of nitrogen functional groups attached to an aromatic ring is 1. The van der Waals surface area contributed by atoms with Gasteiger partial charge in [-0.1, -0.05) is 17.7 Å². The maximum absolute atomic E-state index is 12.2. The molecule has 2 rings (SSSR count). The number of rotatable bonds is 4. The maximum atomic E-state index is 12.2. The van der Waals surface area contributed by atoms with E-state index in [-0.39, 0.29) is 11.9 Å². The molecule has 0 bridgehead atoms. The van der Waals surface area contributed by atoms with Gasteiger partial charge in [0.05, 0.1) is 25.0 Å². The third-order valence-electron chi connectivity index (χ3n) is 3.22. The van der Waals surface area contributed by atoms with Crippen molar-refractivity contribution in [2.24, 2.45) is 0 Å². The van der Waals surface area contributed by atoms with Crippen molar-refractivity contribution in [1.82, 2.24) is 10.3 Å². The van der Waals surface area contributed by atoms with Crippen LogP contribution in [0.2, 0.25) is 0 Å². The third-order valence-corrected chi connectivity index (χ3v) is 3.22. The van der Waals surface area contributed by atoms with E-state index in [2.05, 4.69) is 10.3 Å². The number of hydrogen-bond donors (Lipinski definition) is 2. The lowest BCUT2D eigenvalue weighted by atomic mass is 10.0. The number of nitrogens with two attached hydrogens (primary N) is 1. The Labute approximate surface area is 124 Å². The first-order valence-corrected chi connectivity index (χ1v) is 6.68. The normalized spacial score (nSPS) is 11.8. The molecule has 1 amide bonds. The summed E-state index contributed by atoms with van der Waals surface area (Å²) in [6.07, 6.45) is 1.47. The fourth-order valence-corrected chi connectivity index (χ4v) is 2.08. The molecule has 5 heteroatoms. The monoisotopic (exact) mass is 285 g/mol. The third kappa shape index (κ3) is 3.51. The number of carbonyl (C=O) groups is 1. The first-order chi connectivity index (χ1) is 10.0. The summed E-state index contributed by atoms with van der Waals surface area (Å²) in [7, 11) is 1.62. The summed E-state index contributed by atoms with van der Waals surface area (Å²) >= 11 is 0. The van der Waals surface area contributed by atoms with Crippen molar-refractivity contribution in [2.45, 2.75) is 19.9 Å². The van der Waals surface area contributed by atoms with Gasteiger partial charge in [-0.2, -0.15) is 0 Å². The van der Waals surface area contributed by atoms with Crippen LogP contribution in [-0.2, 0) is 0 Å². The van der Waals surface area contributed by atoms with E-state index >= 15 is 0 Å². The fraction of sp³-hybridized carbons (Fsp3) is 0.250. The van der Waals surface area contributed by atoms with E-state index in [1.165, 1.54) is 6.20 Å². The van der Waals surface area contributed by atoms with Gasteiger partial charge in [0.25, 0.3) is 5.91 Å². The Balaban J connectivity index is 2.17.